The second-order valence-corrected chi connectivity index (χ2v) is 13.1. The number of allylic oxidation sites excluding steroid dienone is 2. The molecule has 2 bridgehead atoms. The van der Waals surface area contributed by atoms with Crippen LogP contribution in [0.4, 0.5) is 0 Å². The van der Waals surface area contributed by atoms with Crippen LogP contribution in [0.5, 0.6) is 0 Å². The van der Waals surface area contributed by atoms with Crippen molar-refractivity contribution in [1.82, 2.24) is 9.80 Å². The first-order valence-corrected chi connectivity index (χ1v) is 15.6. The first-order valence-electron chi connectivity index (χ1n) is 15.6. The third-order valence-corrected chi connectivity index (χ3v) is 10.4. The van der Waals surface area contributed by atoms with Crippen LogP contribution in [0.1, 0.15) is 98.4 Å². The number of hydrogen-bond acceptors (Lipinski definition) is 7. The maximum atomic E-state index is 13.8. The number of fused-ring (bicyclic) bond motifs is 9. The molecular weight excluding hydrogens is 514 g/mol. The number of β-amino-alcohol motifs (C(OH)–C–C–N with tert-alkyl or cyclic N) is 1. The van der Waals surface area contributed by atoms with E-state index in [1.165, 1.54) is 11.8 Å². The monoisotopic (exact) mass is 559 g/mol. The van der Waals surface area contributed by atoms with Gasteiger partial charge < -0.3 is 24.4 Å². The quantitative estimate of drug-likeness (QED) is 0.390. The lowest BCUT2D eigenvalue weighted by atomic mass is 9.64. The van der Waals surface area contributed by atoms with Crippen molar-refractivity contribution >= 4 is 11.7 Å². The minimum atomic E-state index is -0.931. The fraction of sp³-hybridized carbons (Fsp3) is 0.588. The summed E-state index contributed by atoms with van der Waals surface area (Å²) in [6.45, 7) is 8.80. The van der Waals surface area contributed by atoms with Crippen LogP contribution in [0.2, 0.25) is 0 Å². The highest BCUT2D eigenvalue weighted by atomic mass is 16.3. The molecule has 1 aromatic carbocycles. The van der Waals surface area contributed by atoms with E-state index in [-0.39, 0.29) is 11.7 Å². The van der Waals surface area contributed by atoms with E-state index in [2.05, 4.69) is 41.9 Å². The molecule has 5 aliphatic rings. The van der Waals surface area contributed by atoms with Gasteiger partial charge in [-0.25, -0.2) is 0 Å². The Morgan fingerprint density at radius 3 is 2.83 bits per heavy atom. The van der Waals surface area contributed by atoms with E-state index in [0.717, 1.165) is 81.8 Å². The van der Waals surface area contributed by atoms with Crippen LogP contribution < -0.4 is 0 Å². The molecule has 7 rings (SSSR count). The summed E-state index contributed by atoms with van der Waals surface area (Å²) >= 11 is 0. The van der Waals surface area contributed by atoms with E-state index < -0.39 is 17.1 Å². The van der Waals surface area contributed by atoms with Crippen LogP contribution >= 0.6 is 0 Å². The van der Waals surface area contributed by atoms with Crippen LogP contribution in [0.3, 0.4) is 0 Å². The average Bonchev–Trinajstić information content (AvgIpc) is 3.59. The van der Waals surface area contributed by atoms with Gasteiger partial charge in [0.25, 0.3) is 0 Å². The van der Waals surface area contributed by atoms with E-state index in [4.69, 9.17) is 9.41 Å². The Morgan fingerprint density at radius 2 is 2.00 bits per heavy atom. The molecule has 4 atom stereocenters. The number of hydrogen-bond donors (Lipinski definition) is 2. The molecule has 3 aliphatic carbocycles. The van der Waals surface area contributed by atoms with E-state index in [9.17, 15) is 15.0 Å². The largest absolute Gasteiger partial charge is 0.461 e. The molecule has 4 unspecified atom stereocenters. The van der Waals surface area contributed by atoms with E-state index in [1.807, 2.05) is 6.07 Å². The minimum absolute atomic E-state index is 0.00576. The molecule has 1 saturated heterocycles. The number of guanidine groups is 1. The third kappa shape index (κ3) is 5.39. The van der Waals surface area contributed by atoms with Gasteiger partial charge in [0.2, 0.25) is 5.78 Å². The zero-order valence-corrected chi connectivity index (χ0v) is 24.6. The number of aliphatic imine (C=N–C) groups is 1. The SMILES string of the molecule is CC1=CCCC2(C)C(CCC2(O)CN2CCCN3CCCN=C32)c2ccc(cc2C(=O)c2ccco2)CC(O)CC1. The van der Waals surface area contributed by atoms with Crippen molar-refractivity contribution in [3.8, 4) is 0 Å². The lowest BCUT2D eigenvalue weighted by Crippen LogP contribution is -2.59. The molecule has 2 fully saturated rings. The van der Waals surface area contributed by atoms with Gasteiger partial charge in [0.1, 0.15) is 0 Å². The molecule has 1 saturated carbocycles. The Morgan fingerprint density at radius 1 is 1.15 bits per heavy atom. The number of furan rings is 1. The molecular formula is C34H45N3O4. The van der Waals surface area contributed by atoms with E-state index in [1.54, 1.807) is 12.1 Å². The summed E-state index contributed by atoms with van der Waals surface area (Å²) in [7, 11) is 0. The van der Waals surface area contributed by atoms with Crippen molar-refractivity contribution in [2.75, 3.05) is 32.7 Å². The summed E-state index contributed by atoms with van der Waals surface area (Å²) in [6.07, 6.45) is 10.7. The van der Waals surface area contributed by atoms with Crippen molar-refractivity contribution in [1.29, 1.82) is 0 Å². The molecule has 7 nitrogen and oxygen atoms in total. The Balaban J connectivity index is 1.41. The summed E-state index contributed by atoms with van der Waals surface area (Å²) in [5, 5.41) is 23.5. The van der Waals surface area contributed by atoms with Crippen LogP contribution in [-0.4, -0.2) is 76.2 Å². The van der Waals surface area contributed by atoms with Gasteiger partial charge in [-0.1, -0.05) is 30.7 Å². The van der Waals surface area contributed by atoms with Crippen LogP contribution in [-0.2, 0) is 6.42 Å². The van der Waals surface area contributed by atoms with Crippen LogP contribution in [0, 0.1) is 5.41 Å². The second kappa shape index (κ2) is 11.4. The maximum Gasteiger partial charge on any atom is 0.228 e. The van der Waals surface area contributed by atoms with Gasteiger partial charge in [0, 0.05) is 37.2 Å². The Labute approximate surface area is 243 Å². The van der Waals surface area contributed by atoms with Gasteiger partial charge in [0.15, 0.2) is 11.7 Å². The topological polar surface area (TPSA) is 89.5 Å². The highest BCUT2D eigenvalue weighted by Crippen LogP contribution is 2.59. The average molecular weight is 560 g/mol. The second-order valence-electron chi connectivity index (χ2n) is 13.1. The molecule has 0 amide bonds. The van der Waals surface area contributed by atoms with Gasteiger partial charge in [-0.05, 0) is 100.0 Å². The van der Waals surface area contributed by atoms with Gasteiger partial charge in [-0.2, -0.15) is 0 Å². The third-order valence-electron chi connectivity index (χ3n) is 10.4. The maximum absolute atomic E-state index is 13.8. The summed E-state index contributed by atoms with van der Waals surface area (Å²) in [5.41, 5.74) is 2.47. The molecule has 3 heterocycles. The molecule has 2 aromatic rings. The van der Waals surface area contributed by atoms with Crippen molar-refractivity contribution in [2.45, 2.75) is 89.3 Å². The predicted octanol–water partition coefficient (Wildman–Crippen LogP) is 5.32. The van der Waals surface area contributed by atoms with Crippen LogP contribution in [0.15, 0.2) is 57.7 Å². The molecule has 0 spiro atoms. The molecule has 1 aromatic heterocycles. The molecule has 2 aliphatic heterocycles. The standard InChI is InChI=1S/C34H45N3O4/c1-24-7-3-14-33(2)29(13-15-34(33,40)23-37-19-6-18-36-17-5-16-35-32(36)37)27-12-10-25(21-26(38)11-9-24)22-28(27)31(39)30-8-4-20-41-30/h4,7-8,10,12,20,22,26,29,38,40H,3,5-6,9,11,13-19,21,23H2,1-2H3. The van der Waals surface area contributed by atoms with E-state index >= 15 is 0 Å². The fourth-order valence-corrected chi connectivity index (χ4v) is 7.91. The van der Waals surface area contributed by atoms with Crippen molar-refractivity contribution in [2.24, 2.45) is 10.4 Å². The number of rotatable bonds is 4. The molecule has 41 heavy (non-hydrogen) atoms. The molecule has 2 N–H and O–H groups in total. The number of carbonyl (C=O) groups excluding carboxylic acids is 1. The van der Waals surface area contributed by atoms with E-state index in [0.29, 0.717) is 37.1 Å². The minimum Gasteiger partial charge on any atom is -0.461 e. The number of benzene rings is 1. The zero-order chi connectivity index (χ0) is 28.6. The normalized spacial score (nSPS) is 30.7. The van der Waals surface area contributed by atoms with Crippen molar-refractivity contribution < 1.29 is 19.4 Å². The highest BCUT2D eigenvalue weighted by molar-refractivity contribution is 6.08. The van der Waals surface area contributed by atoms with Crippen LogP contribution in [0.25, 0.3) is 0 Å². The number of aliphatic hydroxyl groups excluding tert-OH is 1. The van der Waals surface area contributed by atoms with Gasteiger partial charge in [0.05, 0.1) is 24.5 Å². The Hall–Kier alpha value is -2.90. The number of nitrogens with zero attached hydrogens (tertiary/aromatic N) is 3. The number of ketones is 1. The van der Waals surface area contributed by atoms with Gasteiger partial charge in [-0.3, -0.25) is 9.79 Å². The number of aliphatic hydroxyl groups is 2. The lowest BCUT2D eigenvalue weighted by molar-refractivity contribution is -0.0772. The zero-order valence-electron chi connectivity index (χ0n) is 24.6. The Bertz CT molecular complexity index is 1320. The smallest absolute Gasteiger partial charge is 0.228 e. The first kappa shape index (κ1) is 28.2. The lowest BCUT2D eigenvalue weighted by Gasteiger charge is -2.49. The van der Waals surface area contributed by atoms with Gasteiger partial charge in [-0.15, -0.1) is 0 Å². The summed E-state index contributed by atoms with van der Waals surface area (Å²) in [4.78, 5) is 23.5. The first-order chi connectivity index (χ1) is 19.8. The van der Waals surface area contributed by atoms with Crippen molar-refractivity contribution in [3.63, 3.8) is 0 Å². The molecule has 220 valence electrons. The summed E-state index contributed by atoms with van der Waals surface area (Å²) in [6, 6.07) is 9.59. The highest BCUT2D eigenvalue weighted by Gasteiger charge is 2.57. The number of carbonyl (C=O) groups is 1. The summed E-state index contributed by atoms with van der Waals surface area (Å²) < 4.78 is 5.56. The predicted molar refractivity (Wildman–Crippen MR) is 160 cm³/mol. The fourth-order valence-electron chi connectivity index (χ4n) is 7.91. The van der Waals surface area contributed by atoms with Gasteiger partial charge >= 0.3 is 0 Å². The van der Waals surface area contributed by atoms with Crippen molar-refractivity contribution in [3.05, 3.63) is 70.7 Å². The summed E-state index contributed by atoms with van der Waals surface area (Å²) in [5.74, 6) is 1.25. The molecule has 0 radical (unpaired) electrons. The molecule has 7 heteroatoms. The Kier molecular flexibility index (Phi) is 7.86.